The van der Waals surface area contributed by atoms with Gasteiger partial charge >= 0.3 is 5.97 Å². The number of rotatable bonds is 4. The maximum Gasteiger partial charge on any atom is 0.307 e. The summed E-state index contributed by atoms with van der Waals surface area (Å²) in [4.78, 5) is 25.6. The van der Waals surface area contributed by atoms with Gasteiger partial charge in [0.25, 0.3) is 0 Å². The highest BCUT2D eigenvalue weighted by Gasteiger charge is 2.30. The number of halogens is 1. The van der Waals surface area contributed by atoms with Crippen molar-refractivity contribution in [1.29, 1.82) is 0 Å². The molecule has 2 unspecified atom stereocenters. The molecule has 23 heavy (non-hydrogen) atoms. The summed E-state index contributed by atoms with van der Waals surface area (Å²) in [5, 5.41) is 12.6. The quantitative estimate of drug-likeness (QED) is 0.885. The number of carbonyl (C=O) groups is 2. The van der Waals surface area contributed by atoms with E-state index < -0.39 is 17.9 Å². The zero-order valence-electron chi connectivity index (χ0n) is 13.7. The number of anilines is 1. The van der Waals surface area contributed by atoms with Crippen LogP contribution in [-0.4, -0.2) is 41.0 Å². The molecule has 0 aliphatic carbocycles. The van der Waals surface area contributed by atoms with Crippen LogP contribution in [0.2, 0.25) is 5.02 Å². The topological polar surface area (TPSA) is 69.6 Å². The second kappa shape index (κ2) is 7.32. The molecule has 6 heteroatoms. The average Bonchev–Trinajstić information content (AvgIpc) is 2.50. The molecule has 1 aliphatic heterocycles. The van der Waals surface area contributed by atoms with Gasteiger partial charge in [-0.3, -0.25) is 14.5 Å². The summed E-state index contributed by atoms with van der Waals surface area (Å²) < 4.78 is 0. The van der Waals surface area contributed by atoms with Crippen LogP contribution in [0.1, 0.15) is 30.9 Å². The van der Waals surface area contributed by atoms with Crippen LogP contribution < -0.4 is 5.32 Å². The Balaban J connectivity index is 2.07. The smallest absolute Gasteiger partial charge is 0.307 e. The van der Waals surface area contributed by atoms with Crippen LogP contribution in [0.15, 0.2) is 12.1 Å². The predicted octanol–water partition coefficient (Wildman–Crippen LogP) is 3.08. The maximum atomic E-state index is 12.5. The van der Waals surface area contributed by atoms with Crippen molar-refractivity contribution < 1.29 is 14.7 Å². The number of benzene rings is 1. The lowest BCUT2D eigenvalue weighted by Crippen LogP contribution is -2.48. The normalized spacial score (nSPS) is 20.1. The number of amides is 1. The Kier molecular flexibility index (Phi) is 5.65. The van der Waals surface area contributed by atoms with Crippen LogP contribution in [0.5, 0.6) is 0 Å². The standard InChI is InChI=1S/C17H23ClN2O3/c1-10-7-11(2)15(14(18)8-10)19-16(21)12(3)20-6-4-5-13(9-20)17(22)23/h7-8,12-13H,4-6,9H2,1-3H3,(H,19,21)(H,22,23). The highest BCUT2D eigenvalue weighted by molar-refractivity contribution is 6.34. The van der Waals surface area contributed by atoms with Crippen LogP contribution in [0.4, 0.5) is 5.69 Å². The molecular formula is C17H23ClN2O3. The molecule has 0 spiro atoms. The third-order valence-electron chi connectivity index (χ3n) is 4.41. The summed E-state index contributed by atoms with van der Waals surface area (Å²) in [7, 11) is 0. The number of carboxylic acids is 1. The third-order valence-corrected chi connectivity index (χ3v) is 4.71. The van der Waals surface area contributed by atoms with Crippen molar-refractivity contribution in [1.82, 2.24) is 4.90 Å². The van der Waals surface area contributed by atoms with E-state index in [0.717, 1.165) is 24.1 Å². The molecule has 0 radical (unpaired) electrons. The predicted molar refractivity (Wildman–Crippen MR) is 91.0 cm³/mol. The Morgan fingerprint density at radius 2 is 2.09 bits per heavy atom. The molecule has 2 atom stereocenters. The van der Waals surface area contributed by atoms with Crippen molar-refractivity contribution in [3.05, 3.63) is 28.3 Å². The Morgan fingerprint density at radius 1 is 1.39 bits per heavy atom. The fourth-order valence-electron chi connectivity index (χ4n) is 3.03. The summed E-state index contributed by atoms with van der Waals surface area (Å²) in [5.41, 5.74) is 2.58. The van der Waals surface area contributed by atoms with E-state index in [2.05, 4.69) is 5.32 Å². The Labute approximate surface area is 141 Å². The van der Waals surface area contributed by atoms with Crippen molar-refractivity contribution in [3.8, 4) is 0 Å². The number of hydrogen-bond donors (Lipinski definition) is 2. The van der Waals surface area contributed by atoms with E-state index in [-0.39, 0.29) is 5.91 Å². The van der Waals surface area contributed by atoms with Crippen LogP contribution in [-0.2, 0) is 9.59 Å². The fourth-order valence-corrected chi connectivity index (χ4v) is 3.40. The summed E-state index contributed by atoms with van der Waals surface area (Å²) in [6.07, 6.45) is 1.46. The number of hydrogen-bond acceptors (Lipinski definition) is 3. The number of likely N-dealkylation sites (tertiary alicyclic amines) is 1. The second-order valence-electron chi connectivity index (χ2n) is 6.28. The van der Waals surface area contributed by atoms with Gasteiger partial charge in [-0.1, -0.05) is 17.7 Å². The van der Waals surface area contributed by atoms with E-state index in [1.54, 1.807) is 6.92 Å². The van der Waals surface area contributed by atoms with Gasteiger partial charge in [0.1, 0.15) is 0 Å². The molecule has 1 saturated heterocycles. The van der Waals surface area contributed by atoms with Crippen molar-refractivity contribution >= 4 is 29.2 Å². The van der Waals surface area contributed by atoms with Gasteiger partial charge in [-0.25, -0.2) is 0 Å². The first-order chi connectivity index (χ1) is 10.8. The van der Waals surface area contributed by atoms with E-state index in [1.165, 1.54) is 0 Å². The largest absolute Gasteiger partial charge is 0.481 e. The lowest BCUT2D eigenvalue weighted by atomic mass is 9.97. The molecule has 126 valence electrons. The third kappa shape index (κ3) is 4.24. The molecule has 2 N–H and O–H groups in total. The summed E-state index contributed by atoms with van der Waals surface area (Å²) in [6.45, 7) is 6.80. The van der Waals surface area contributed by atoms with E-state index >= 15 is 0 Å². The molecular weight excluding hydrogens is 316 g/mol. The molecule has 1 fully saturated rings. The van der Waals surface area contributed by atoms with Crippen LogP contribution in [0, 0.1) is 19.8 Å². The minimum Gasteiger partial charge on any atom is -0.481 e. The first kappa shape index (κ1) is 17.8. The first-order valence-corrected chi connectivity index (χ1v) is 8.22. The molecule has 1 amide bonds. The molecule has 1 heterocycles. The number of aliphatic carboxylic acids is 1. The lowest BCUT2D eigenvalue weighted by molar-refractivity contribution is -0.144. The number of carboxylic acid groups (broad SMARTS) is 1. The van der Waals surface area contributed by atoms with Crippen molar-refractivity contribution in [2.75, 3.05) is 18.4 Å². The molecule has 5 nitrogen and oxygen atoms in total. The van der Waals surface area contributed by atoms with Crippen molar-refractivity contribution in [3.63, 3.8) is 0 Å². The molecule has 1 aromatic rings. The maximum absolute atomic E-state index is 12.5. The van der Waals surface area contributed by atoms with Gasteiger partial charge in [-0.15, -0.1) is 0 Å². The Morgan fingerprint density at radius 3 is 2.70 bits per heavy atom. The highest BCUT2D eigenvalue weighted by atomic mass is 35.5. The van der Waals surface area contributed by atoms with Gasteiger partial charge in [-0.05, 0) is 57.4 Å². The lowest BCUT2D eigenvalue weighted by Gasteiger charge is -2.34. The summed E-state index contributed by atoms with van der Waals surface area (Å²) in [6, 6.07) is 3.39. The van der Waals surface area contributed by atoms with E-state index in [1.807, 2.05) is 30.9 Å². The number of nitrogens with one attached hydrogen (secondary N) is 1. The second-order valence-corrected chi connectivity index (χ2v) is 6.68. The minimum atomic E-state index is -0.792. The zero-order chi connectivity index (χ0) is 17.1. The van der Waals surface area contributed by atoms with Gasteiger partial charge in [0.05, 0.1) is 22.7 Å². The molecule has 0 aromatic heterocycles. The monoisotopic (exact) mass is 338 g/mol. The van der Waals surface area contributed by atoms with E-state index in [9.17, 15) is 9.59 Å². The zero-order valence-corrected chi connectivity index (χ0v) is 14.5. The van der Waals surface area contributed by atoms with E-state index in [0.29, 0.717) is 23.7 Å². The molecule has 0 bridgehead atoms. The van der Waals surface area contributed by atoms with Gasteiger partial charge in [0.2, 0.25) is 5.91 Å². The molecule has 1 aromatic carbocycles. The van der Waals surface area contributed by atoms with Gasteiger partial charge < -0.3 is 10.4 Å². The van der Waals surface area contributed by atoms with E-state index in [4.69, 9.17) is 16.7 Å². The van der Waals surface area contributed by atoms with Gasteiger partial charge in [-0.2, -0.15) is 0 Å². The molecule has 0 saturated carbocycles. The van der Waals surface area contributed by atoms with Gasteiger partial charge in [0.15, 0.2) is 0 Å². The fraction of sp³-hybridized carbons (Fsp3) is 0.529. The Bertz CT molecular complexity index is 595. The molecule has 2 rings (SSSR count). The number of nitrogens with zero attached hydrogens (tertiary/aromatic N) is 1. The van der Waals surface area contributed by atoms with Crippen LogP contribution in [0.3, 0.4) is 0 Å². The molecule has 1 aliphatic rings. The summed E-state index contributed by atoms with van der Waals surface area (Å²) >= 11 is 6.23. The Hall–Kier alpha value is -1.59. The SMILES string of the molecule is Cc1cc(C)c(NC(=O)C(C)N2CCCC(C(=O)O)C2)c(Cl)c1. The number of carbonyl (C=O) groups excluding carboxylic acids is 1. The number of piperidine rings is 1. The van der Waals surface area contributed by atoms with Crippen LogP contribution >= 0.6 is 11.6 Å². The summed E-state index contributed by atoms with van der Waals surface area (Å²) in [5.74, 6) is -1.35. The highest BCUT2D eigenvalue weighted by Crippen LogP contribution is 2.28. The van der Waals surface area contributed by atoms with Crippen molar-refractivity contribution in [2.24, 2.45) is 5.92 Å². The average molecular weight is 339 g/mol. The van der Waals surface area contributed by atoms with Crippen LogP contribution in [0.25, 0.3) is 0 Å². The van der Waals surface area contributed by atoms with Crippen molar-refractivity contribution in [2.45, 2.75) is 39.7 Å². The number of aryl methyl sites for hydroxylation is 2. The minimum absolute atomic E-state index is 0.162. The van der Waals surface area contributed by atoms with Gasteiger partial charge in [0, 0.05) is 6.54 Å². The first-order valence-electron chi connectivity index (χ1n) is 7.84.